The summed E-state index contributed by atoms with van der Waals surface area (Å²) in [4.78, 5) is 23.3. The molecule has 17 heavy (non-hydrogen) atoms. The third-order valence-electron chi connectivity index (χ3n) is 2.31. The molecule has 1 aliphatic heterocycles. The molecular weight excluding hydrogens is 224 g/mol. The molecule has 0 aliphatic carbocycles. The number of hydrogen-bond donors (Lipinski definition) is 2. The molecule has 2 N–H and O–H groups in total. The van der Waals surface area contributed by atoms with Crippen LogP contribution in [0, 0.1) is 22.7 Å². The van der Waals surface area contributed by atoms with Gasteiger partial charge in [0, 0.05) is 0 Å². The summed E-state index contributed by atoms with van der Waals surface area (Å²) in [6.07, 6.45) is 0.447. The van der Waals surface area contributed by atoms with Crippen LogP contribution in [-0.4, -0.2) is 34.5 Å². The van der Waals surface area contributed by atoms with Crippen molar-refractivity contribution in [3.63, 3.8) is 0 Å². The lowest BCUT2D eigenvalue weighted by Crippen LogP contribution is -2.33. The van der Waals surface area contributed by atoms with Gasteiger partial charge in [0.2, 0.25) is 0 Å². The Labute approximate surface area is 97.5 Å². The van der Waals surface area contributed by atoms with E-state index in [0.717, 1.165) is 4.90 Å². The second-order valence-electron chi connectivity index (χ2n) is 3.37. The number of carboxylic acid groups (broad SMARTS) is 1. The van der Waals surface area contributed by atoms with Gasteiger partial charge in [-0.25, -0.2) is 0 Å². The summed E-state index contributed by atoms with van der Waals surface area (Å²) in [6, 6.07) is 2.68. The zero-order chi connectivity index (χ0) is 13.0. The first-order valence-electron chi connectivity index (χ1n) is 4.89. The largest absolute Gasteiger partial charge is 0.480 e. The number of nitrogens with one attached hydrogen (secondary N) is 1. The molecule has 1 unspecified atom stereocenters. The lowest BCUT2D eigenvalue weighted by Gasteiger charge is -2.13. The molecule has 1 saturated heterocycles. The van der Waals surface area contributed by atoms with E-state index in [0.29, 0.717) is 6.42 Å². The zero-order valence-corrected chi connectivity index (χ0v) is 9.10. The number of amides is 1. The number of allylic oxidation sites excluding steroid dienone is 1. The Morgan fingerprint density at radius 2 is 2.12 bits per heavy atom. The summed E-state index contributed by atoms with van der Waals surface area (Å²) >= 11 is 0. The van der Waals surface area contributed by atoms with Crippen molar-refractivity contribution >= 4 is 11.9 Å². The first-order chi connectivity index (χ1) is 8.04. The van der Waals surface area contributed by atoms with E-state index in [9.17, 15) is 9.59 Å². The minimum absolute atomic E-state index is 0.0192. The number of carbonyl (C=O) groups excluding carboxylic acids is 1. The van der Waals surface area contributed by atoms with Crippen LogP contribution in [0.1, 0.15) is 13.3 Å². The van der Waals surface area contributed by atoms with Crippen molar-refractivity contribution in [1.82, 2.24) is 10.2 Å². The van der Waals surface area contributed by atoms with Crippen LogP contribution in [0.5, 0.6) is 0 Å². The maximum Gasteiger partial charge on any atom is 0.323 e. The Hall–Kier alpha value is -2.54. The molecule has 0 aromatic carbocycles. The second kappa shape index (κ2) is 4.99. The Morgan fingerprint density at radius 1 is 1.53 bits per heavy atom. The zero-order valence-electron chi connectivity index (χ0n) is 9.10. The highest BCUT2D eigenvalue weighted by Crippen LogP contribution is 2.18. The lowest BCUT2D eigenvalue weighted by atomic mass is 10.2. The van der Waals surface area contributed by atoms with Crippen LogP contribution in [0.4, 0.5) is 0 Å². The normalized spacial score (nSPS) is 18.3. The maximum atomic E-state index is 11.8. The van der Waals surface area contributed by atoms with Crippen molar-refractivity contribution in [3.05, 3.63) is 11.4 Å². The predicted molar refractivity (Wildman–Crippen MR) is 54.8 cm³/mol. The minimum Gasteiger partial charge on any atom is -0.480 e. The molecule has 0 aromatic heterocycles. The van der Waals surface area contributed by atoms with Crippen LogP contribution in [0.25, 0.3) is 0 Å². The van der Waals surface area contributed by atoms with Gasteiger partial charge in [0.25, 0.3) is 5.91 Å². The molecule has 0 bridgehead atoms. The molecular formula is C10H10N4O3. The van der Waals surface area contributed by atoms with Crippen molar-refractivity contribution in [2.45, 2.75) is 19.4 Å². The van der Waals surface area contributed by atoms with Crippen LogP contribution in [0.15, 0.2) is 11.4 Å². The fourth-order valence-corrected chi connectivity index (χ4v) is 1.51. The monoisotopic (exact) mass is 234 g/mol. The molecule has 0 saturated carbocycles. The summed E-state index contributed by atoms with van der Waals surface area (Å²) in [7, 11) is 0. The molecule has 1 heterocycles. The van der Waals surface area contributed by atoms with Crippen LogP contribution in [0.2, 0.25) is 0 Å². The predicted octanol–water partition coefficient (Wildman–Crippen LogP) is -0.460. The van der Waals surface area contributed by atoms with Gasteiger partial charge in [-0.1, -0.05) is 6.92 Å². The molecule has 0 spiro atoms. The average Bonchev–Trinajstić information content (AvgIpc) is 2.59. The quantitative estimate of drug-likeness (QED) is 0.638. The Morgan fingerprint density at radius 3 is 2.53 bits per heavy atom. The fraction of sp³-hybridized carbons (Fsp3) is 0.400. The maximum absolute atomic E-state index is 11.8. The summed E-state index contributed by atoms with van der Waals surface area (Å²) in [6.45, 7) is 1.18. The smallest absolute Gasteiger partial charge is 0.323 e. The van der Waals surface area contributed by atoms with E-state index >= 15 is 0 Å². The van der Waals surface area contributed by atoms with Crippen LogP contribution >= 0.6 is 0 Å². The number of nitriles is 2. The topological polar surface area (TPSA) is 117 Å². The van der Waals surface area contributed by atoms with Gasteiger partial charge in [0.05, 0.1) is 0 Å². The molecule has 0 aromatic rings. The molecule has 88 valence electrons. The van der Waals surface area contributed by atoms with Crippen molar-refractivity contribution in [2.75, 3.05) is 6.54 Å². The third kappa shape index (κ3) is 2.34. The van der Waals surface area contributed by atoms with Gasteiger partial charge in [0.1, 0.15) is 30.5 Å². The summed E-state index contributed by atoms with van der Waals surface area (Å²) in [5.74, 6) is -1.66. The highest BCUT2D eigenvalue weighted by Gasteiger charge is 2.37. The molecule has 7 heteroatoms. The van der Waals surface area contributed by atoms with Crippen molar-refractivity contribution < 1.29 is 14.7 Å². The Bertz CT molecular complexity index is 453. The summed E-state index contributed by atoms with van der Waals surface area (Å²) in [5, 5.41) is 28.8. The van der Waals surface area contributed by atoms with E-state index in [2.05, 4.69) is 5.32 Å². The Kier molecular flexibility index (Phi) is 3.68. The number of hydrogen-bond acceptors (Lipinski definition) is 5. The van der Waals surface area contributed by atoms with Gasteiger partial charge < -0.3 is 10.4 Å². The first kappa shape index (κ1) is 12.5. The molecule has 7 nitrogen and oxygen atoms in total. The minimum atomic E-state index is -1.20. The molecule has 1 fully saturated rings. The van der Waals surface area contributed by atoms with E-state index in [1.54, 1.807) is 19.1 Å². The van der Waals surface area contributed by atoms with Crippen molar-refractivity contribution in [1.29, 1.82) is 10.5 Å². The van der Waals surface area contributed by atoms with E-state index in [1.807, 2.05) is 0 Å². The number of rotatable bonds is 3. The number of carbonyl (C=O) groups is 2. The van der Waals surface area contributed by atoms with Crippen molar-refractivity contribution in [2.24, 2.45) is 0 Å². The number of nitrogens with zero attached hydrogens (tertiary/aromatic N) is 3. The van der Waals surface area contributed by atoms with E-state index in [4.69, 9.17) is 15.6 Å². The molecule has 1 rings (SSSR count). The molecule has 0 radical (unpaired) electrons. The lowest BCUT2D eigenvalue weighted by molar-refractivity contribution is -0.142. The van der Waals surface area contributed by atoms with Gasteiger partial charge >= 0.3 is 5.97 Å². The standard InChI is InChI=1S/C10H10N4O3/c1-2-7-10(17)14(5-8(15)16)9(13-7)6(3-11)4-12/h7,13H,2,5H2,1H3,(H,15,16). The molecule has 1 aliphatic rings. The van der Waals surface area contributed by atoms with Crippen LogP contribution < -0.4 is 5.32 Å². The van der Waals surface area contributed by atoms with Gasteiger partial charge in [-0.3, -0.25) is 14.5 Å². The second-order valence-corrected chi connectivity index (χ2v) is 3.37. The van der Waals surface area contributed by atoms with Gasteiger partial charge in [-0.2, -0.15) is 10.5 Å². The molecule has 1 amide bonds. The average molecular weight is 234 g/mol. The van der Waals surface area contributed by atoms with Crippen LogP contribution in [0.3, 0.4) is 0 Å². The van der Waals surface area contributed by atoms with Gasteiger partial charge in [0.15, 0.2) is 5.57 Å². The molecule has 1 atom stereocenters. The summed E-state index contributed by atoms with van der Waals surface area (Å²) < 4.78 is 0. The highest BCUT2D eigenvalue weighted by atomic mass is 16.4. The first-order valence-corrected chi connectivity index (χ1v) is 4.89. The van der Waals surface area contributed by atoms with Crippen molar-refractivity contribution in [3.8, 4) is 12.1 Å². The fourth-order valence-electron chi connectivity index (χ4n) is 1.51. The van der Waals surface area contributed by atoms with E-state index < -0.39 is 24.5 Å². The Balaban J connectivity index is 3.17. The highest BCUT2D eigenvalue weighted by molar-refractivity contribution is 5.90. The van der Waals surface area contributed by atoms with Gasteiger partial charge in [-0.05, 0) is 6.42 Å². The van der Waals surface area contributed by atoms with Crippen LogP contribution in [-0.2, 0) is 9.59 Å². The van der Waals surface area contributed by atoms with E-state index in [1.165, 1.54) is 0 Å². The number of aliphatic carboxylic acids is 1. The SMILES string of the molecule is CCC1NC(=C(C#N)C#N)N(CC(=O)O)C1=O. The van der Waals surface area contributed by atoms with E-state index in [-0.39, 0.29) is 11.4 Å². The van der Waals surface area contributed by atoms with Gasteiger partial charge in [-0.15, -0.1) is 0 Å². The third-order valence-corrected chi connectivity index (χ3v) is 2.31. The summed E-state index contributed by atoms with van der Waals surface area (Å²) in [5.41, 5.74) is -0.296. The number of carboxylic acids is 1.